The van der Waals surface area contributed by atoms with Crippen molar-refractivity contribution in [1.29, 1.82) is 0 Å². The number of hydrogen-bond donors (Lipinski definition) is 1. The van der Waals surface area contributed by atoms with Crippen LogP contribution in [0.2, 0.25) is 0 Å². The summed E-state index contributed by atoms with van der Waals surface area (Å²) in [5.74, 6) is 0.598. The van der Waals surface area contributed by atoms with Gasteiger partial charge in [0.1, 0.15) is 29.5 Å². The molecule has 0 unspecified atom stereocenters. The summed E-state index contributed by atoms with van der Waals surface area (Å²) in [6, 6.07) is 12.7. The molecule has 0 spiro atoms. The van der Waals surface area contributed by atoms with E-state index in [1.54, 1.807) is 6.07 Å². The molecule has 3 aromatic heterocycles. The highest BCUT2D eigenvalue weighted by atomic mass is 19.4. The molecule has 7 rings (SSSR count). The molecule has 0 radical (unpaired) electrons. The number of alkyl halides is 5. The Morgan fingerprint density at radius 2 is 1.82 bits per heavy atom. The fraction of sp³-hybridized carbons (Fsp3) is 0.310. The molecular formula is C29H24F5N7O3. The van der Waals surface area contributed by atoms with Gasteiger partial charge in [-0.1, -0.05) is 6.07 Å². The number of anilines is 1. The molecule has 5 aromatic rings. The van der Waals surface area contributed by atoms with Crippen LogP contribution in [-0.4, -0.2) is 74.1 Å². The molecule has 0 aliphatic carbocycles. The van der Waals surface area contributed by atoms with E-state index >= 15 is 0 Å². The van der Waals surface area contributed by atoms with Crippen LogP contribution >= 0.6 is 0 Å². The minimum atomic E-state index is -4.50. The molecule has 0 saturated carbocycles. The van der Waals surface area contributed by atoms with Crippen molar-refractivity contribution >= 4 is 28.0 Å². The Morgan fingerprint density at radius 3 is 2.52 bits per heavy atom. The summed E-state index contributed by atoms with van der Waals surface area (Å²) in [6.45, 7) is -0.721. The van der Waals surface area contributed by atoms with Crippen molar-refractivity contribution in [2.45, 2.75) is 31.9 Å². The van der Waals surface area contributed by atoms with Crippen LogP contribution in [0, 0.1) is 0 Å². The van der Waals surface area contributed by atoms with Crippen molar-refractivity contribution < 1.29 is 31.4 Å². The summed E-state index contributed by atoms with van der Waals surface area (Å²) < 4.78 is 77.1. The molecule has 1 N–H and O–H groups in total. The van der Waals surface area contributed by atoms with E-state index in [1.807, 2.05) is 12.1 Å². The Bertz CT molecular complexity index is 1920. The van der Waals surface area contributed by atoms with Gasteiger partial charge in [0.05, 0.1) is 48.7 Å². The zero-order valence-corrected chi connectivity index (χ0v) is 22.9. The molecule has 2 aliphatic rings. The van der Waals surface area contributed by atoms with Crippen LogP contribution in [0.25, 0.3) is 39.0 Å². The molecule has 2 aromatic carbocycles. The van der Waals surface area contributed by atoms with Gasteiger partial charge in [0, 0.05) is 18.7 Å². The number of imidazole rings is 1. The van der Waals surface area contributed by atoms with Crippen molar-refractivity contribution in [1.82, 2.24) is 29.0 Å². The predicted octanol–water partition coefficient (Wildman–Crippen LogP) is 4.59. The largest absolute Gasteiger partial charge is 0.435 e. The molecule has 1 fully saturated rings. The van der Waals surface area contributed by atoms with Crippen LogP contribution in [0.4, 0.5) is 27.8 Å². The lowest BCUT2D eigenvalue weighted by atomic mass is 10.1. The lowest BCUT2D eigenvalue weighted by Crippen LogP contribution is -2.51. The standard InChI is InChI=1S/C29H24F5N7O3/c30-28(31)44-19-4-2-17(3-5-19)41-26-22(35-11-24(38-26)36-15-29(32,33)34)10-20(27(41)42)16-1-6-21-23(9-16)40-8-7-39(12-25(40)37-21)18-13-43-14-18/h1-6,9-11,18,28H,7-8,12-15H2,(H,36,38). The number of nitrogens with one attached hydrogen (secondary N) is 1. The minimum Gasteiger partial charge on any atom is -0.435 e. The Kier molecular flexibility index (Phi) is 6.93. The van der Waals surface area contributed by atoms with E-state index < -0.39 is 24.9 Å². The van der Waals surface area contributed by atoms with Crippen LogP contribution in [0.1, 0.15) is 5.82 Å². The van der Waals surface area contributed by atoms with Crippen LogP contribution in [-0.2, 0) is 17.8 Å². The topological polar surface area (TPSA) is 99.3 Å². The van der Waals surface area contributed by atoms with Gasteiger partial charge in [0.15, 0.2) is 5.65 Å². The van der Waals surface area contributed by atoms with Gasteiger partial charge in [-0.2, -0.15) is 22.0 Å². The predicted molar refractivity (Wildman–Crippen MR) is 150 cm³/mol. The first-order valence-corrected chi connectivity index (χ1v) is 13.7. The van der Waals surface area contributed by atoms with Crippen LogP contribution in [0.3, 0.4) is 0 Å². The lowest BCUT2D eigenvalue weighted by Gasteiger charge is -2.39. The normalized spacial score (nSPS) is 16.0. The Hall–Kier alpha value is -4.63. The first-order valence-electron chi connectivity index (χ1n) is 13.7. The van der Waals surface area contributed by atoms with Gasteiger partial charge in [0.2, 0.25) is 0 Å². The average molecular weight is 614 g/mol. The van der Waals surface area contributed by atoms with Crippen molar-refractivity contribution in [3.63, 3.8) is 0 Å². The summed E-state index contributed by atoms with van der Waals surface area (Å²) in [5.41, 5.74) is 2.40. The van der Waals surface area contributed by atoms with Crippen molar-refractivity contribution in [3.8, 4) is 22.6 Å². The van der Waals surface area contributed by atoms with Crippen molar-refractivity contribution in [2.75, 3.05) is 31.6 Å². The monoisotopic (exact) mass is 613 g/mol. The molecule has 44 heavy (non-hydrogen) atoms. The number of pyridine rings is 1. The number of benzene rings is 2. The van der Waals surface area contributed by atoms with Crippen LogP contribution < -0.4 is 15.6 Å². The van der Waals surface area contributed by atoms with Crippen LogP contribution in [0.5, 0.6) is 5.75 Å². The number of rotatable bonds is 7. The quantitative estimate of drug-likeness (QED) is 0.267. The van der Waals surface area contributed by atoms with E-state index in [2.05, 4.69) is 29.5 Å². The molecule has 0 bridgehead atoms. The molecule has 5 heterocycles. The molecule has 228 valence electrons. The van der Waals surface area contributed by atoms with Crippen molar-refractivity contribution in [3.05, 3.63) is 70.9 Å². The van der Waals surface area contributed by atoms with Crippen molar-refractivity contribution in [2.24, 2.45) is 0 Å². The van der Waals surface area contributed by atoms with E-state index in [1.165, 1.54) is 34.9 Å². The second-order valence-corrected chi connectivity index (χ2v) is 10.5. The number of aromatic nitrogens is 5. The SMILES string of the molecule is O=c1c(-c2ccc3nc4n(c3c2)CCN(C2COC2)C4)cc2ncc(NCC(F)(F)F)nc2n1-c1ccc(OC(F)F)cc1. The maximum Gasteiger partial charge on any atom is 0.405 e. The highest BCUT2D eigenvalue weighted by Gasteiger charge is 2.30. The number of halogens is 5. The van der Waals surface area contributed by atoms with Gasteiger partial charge in [0.25, 0.3) is 5.56 Å². The second-order valence-electron chi connectivity index (χ2n) is 10.5. The summed E-state index contributed by atoms with van der Waals surface area (Å²) in [6.07, 6.45) is -3.35. The number of hydrogen-bond acceptors (Lipinski definition) is 8. The van der Waals surface area contributed by atoms with E-state index in [0.29, 0.717) is 31.4 Å². The average Bonchev–Trinajstić information content (AvgIpc) is 3.32. The van der Waals surface area contributed by atoms with Crippen LogP contribution in [0.15, 0.2) is 59.5 Å². The van der Waals surface area contributed by atoms with Gasteiger partial charge in [-0.15, -0.1) is 0 Å². The number of nitrogens with zero attached hydrogens (tertiary/aromatic N) is 6. The Balaban J connectivity index is 1.33. The third-order valence-corrected chi connectivity index (χ3v) is 7.73. The Morgan fingerprint density at radius 1 is 1.02 bits per heavy atom. The highest BCUT2D eigenvalue weighted by molar-refractivity contribution is 5.86. The van der Waals surface area contributed by atoms with Gasteiger partial charge in [-0.05, 0) is 48.0 Å². The summed E-state index contributed by atoms with van der Waals surface area (Å²) in [7, 11) is 0. The smallest absolute Gasteiger partial charge is 0.405 e. The van der Waals surface area contributed by atoms with Gasteiger partial charge >= 0.3 is 12.8 Å². The summed E-state index contributed by atoms with van der Waals surface area (Å²) in [4.78, 5) is 29.8. The van der Waals surface area contributed by atoms with E-state index in [4.69, 9.17) is 9.72 Å². The first kappa shape index (κ1) is 28.2. The van der Waals surface area contributed by atoms with Gasteiger partial charge in [-0.25, -0.2) is 15.0 Å². The fourth-order valence-corrected chi connectivity index (χ4v) is 5.51. The van der Waals surface area contributed by atoms with E-state index in [9.17, 15) is 26.7 Å². The molecular weight excluding hydrogens is 589 g/mol. The third kappa shape index (κ3) is 5.32. The maximum absolute atomic E-state index is 14.1. The molecule has 10 nitrogen and oxygen atoms in total. The first-order chi connectivity index (χ1) is 21.1. The Labute approximate surface area is 245 Å². The zero-order valence-electron chi connectivity index (χ0n) is 22.9. The highest BCUT2D eigenvalue weighted by Crippen LogP contribution is 2.29. The fourth-order valence-electron chi connectivity index (χ4n) is 5.51. The van der Waals surface area contributed by atoms with E-state index in [0.717, 1.165) is 36.1 Å². The number of ether oxygens (including phenoxy) is 2. The lowest BCUT2D eigenvalue weighted by molar-refractivity contribution is -0.115. The summed E-state index contributed by atoms with van der Waals surface area (Å²) in [5, 5.41) is 2.18. The van der Waals surface area contributed by atoms with E-state index in [-0.39, 0.29) is 34.0 Å². The molecule has 0 amide bonds. The third-order valence-electron chi connectivity index (χ3n) is 7.73. The molecule has 1 saturated heterocycles. The zero-order chi connectivity index (χ0) is 30.6. The maximum atomic E-state index is 14.1. The molecule has 2 aliphatic heterocycles. The molecule has 0 atom stereocenters. The van der Waals surface area contributed by atoms with Gasteiger partial charge in [-0.3, -0.25) is 14.3 Å². The second kappa shape index (κ2) is 10.8. The molecule has 15 heteroatoms. The van der Waals surface area contributed by atoms with Gasteiger partial charge < -0.3 is 19.4 Å². The summed E-state index contributed by atoms with van der Waals surface area (Å²) >= 11 is 0. The minimum absolute atomic E-state index is 0.0173. The number of fused-ring (bicyclic) bond motifs is 4.